The summed E-state index contributed by atoms with van der Waals surface area (Å²) in [5, 5.41) is 15.2. The Balaban J connectivity index is 1.55. The van der Waals surface area contributed by atoms with Gasteiger partial charge in [-0.05, 0) is 46.7 Å². The molecule has 0 aliphatic rings. The van der Waals surface area contributed by atoms with E-state index < -0.39 is 0 Å². The monoisotopic (exact) mass is 332 g/mol. The highest BCUT2D eigenvalue weighted by Crippen LogP contribution is 2.21. The van der Waals surface area contributed by atoms with Crippen molar-refractivity contribution < 1.29 is 4.79 Å². The van der Waals surface area contributed by atoms with Crippen molar-refractivity contribution in [3.8, 4) is 5.69 Å². The predicted molar refractivity (Wildman–Crippen MR) is 94.5 cm³/mol. The topological polar surface area (TPSA) is 88.5 Å². The Hall–Kier alpha value is -3.48. The number of aryl methyl sites for hydroxylation is 1. The number of fused-ring (bicyclic) bond motifs is 1. The van der Waals surface area contributed by atoms with Crippen LogP contribution in [0.4, 0.5) is 5.69 Å². The summed E-state index contributed by atoms with van der Waals surface area (Å²) in [5.41, 5.74) is 4.52. The van der Waals surface area contributed by atoms with E-state index in [-0.39, 0.29) is 5.91 Å². The number of anilines is 1. The number of rotatable bonds is 4. The van der Waals surface area contributed by atoms with E-state index in [0.29, 0.717) is 6.42 Å². The average Bonchev–Trinajstić information content (AvgIpc) is 3.27. The number of benzene rings is 2. The average molecular weight is 332 g/mol. The van der Waals surface area contributed by atoms with Gasteiger partial charge in [0, 0.05) is 22.8 Å². The quantitative estimate of drug-likeness (QED) is 0.601. The Kier molecular flexibility index (Phi) is 3.74. The lowest BCUT2D eigenvalue weighted by molar-refractivity contribution is -0.115. The van der Waals surface area contributed by atoms with Gasteiger partial charge >= 0.3 is 0 Å². The molecule has 0 unspecified atom stereocenters. The summed E-state index contributed by atoms with van der Waals surface area (Å²) in [5.74, 6) is -0.0679. The molecule has 0 aliphatic heterocycles. The van der Waals surface area contributed by atoms with E-state index in [4.69, 9.17) is 0 Å². The third-order valence-corrected chi connectivity index (χ3v) is 4.13. The van der Waals surface area contributed by atoms with Crippen LogP contribution in [0.15, 0.2) is 55.0 Å². The first-order chi connectivity index (χ1) is 12.2. The first-order valence-corrected chi connectivity index (χ1v) is 7.89. The van der Waals surface area contributed by atoms with E-state index in [1.807, 2.05) is 55.6 Å². The largest absolute Gasteiger partial charge is 0.361 e. The van der Waals surface area contributed by atoms with Crippen molar-refractivity contribution in [3.63, 3.8) is 0 Å². The summed E-state index contributed by atoms with van der Waals surface area (Å²) < 4.78 is 1.55. The molecule has 2 aromatic heterocycles. The van der Waals surface area contributed by atoms with Gasteiger partial charge in [0.25, 0.3) is 0 Å². The molecular weight excluding hydrogens is 316 g/mol. The molecule has 2 aromatic carbocycles. The van der Waals surface area contributed by atoms with Crippen molar-refractivity contribution >= 4 is 22.5 Å². The van der Waals surface area contributed by atoms with Crippen LogP contribution in [0.5, 0.6) is 0 Å². The van der Waals surface area contributed by atoms with Crippen LogP contribution in [0.1, 0.15) is 11.1 Å². The molecule has 7 nitrogen and oxygen atoms in total. The van der Waals surface area contributed by atoms with E-state index in [9.17, 15) is 4.79 Å². The molecule has 1 amide bonds. The van der Waals surface area contributed by atoms with Crippen LogP contribution in [0, 0.1) is 6.92 Å². The van der Waals surface area contributed by atoms with E-state index in [0.717, 1.165) is 33.4 Å². The number of carbonyl (C=O) groups is 1. The minimum absolute atomic E-state index is 0.0679. The predicted octanol–water partition coefficient (Wildman–Crippen LogP) is 2.63. The molecule has 0 fully saturated rings. The van der Waals surface area contributed by atoms with Crippen LogP contribution in [0.3, 0.4) is 0 Å². The zero-order valence-corrected chi connectivity index (χ0v) is 13.6. The Morgan fingerprint density at radius 1 is 1.24 bits per heavy atom. The Bertz CT molecular complexity index is 1030. The fraction of sp³-hybridized carbons (Fsp3) is 0.111. The number of para-hydroxylation sites is 1. The maximum atomic E-state index is 12.5. The molecule has 0 radical (unpaired) electrons. The number of tetrazole rings is 1. The highest BCUT2D eigenvalue weighted by atomic mass is 16.1. The van der Waals surface area contributed by atoms with Crippen LogP contribution in [0.25, 0.3) is 16.6 Å². The van der Waals surface area contributed by atoms with E-state index >= 15 is 0 Å². The van der Waals surface area contributed by atoms with Crippen LogP contribution < -0.4 is 5.32 Å². The number of hydrogen-bond donors (Lipinski definition) is 2. The Morgan fingerprint density at radius 3 is 2.96 bits per heavy atom. The van der Waals surface area contributed by atoms with Gasteiger partial charge in [-0.3, -0.25) is 4.79 Å². The molecule has 0 atom stereocenters. The molecule has 7 heteroatoms. The third kappa shape index (κ3) is 2.99. The lowest BCUT2D eigenvalue weighted by atomic mass is 10.1. The van der Waals surface area contributed by atoms with Gasteiger partial charge in [-0.1, -0.05) is 24.3 Å². The molecule has 25 heavy (non-hydrogen) atoms. The standard InChI is InChI=1S/C18H16N6O/c1-12-6-7-14(24-11-20-22-23-24)9-17(12)21-18(25)8-13-10-19-16-5-3-2-4-15(13)16/h2-7,9-11,19H,8H2,1H3,(H,21,25). The lowest BCUT2D eigenvalue weighted by Gasteiger charge is -2.10. The van der Waals surface area contributed by atoms with Gasteiger partial charge in [0.05, 0.1) is 12.1 Å². The van der Waals surface area contributed by atoms with Crippen LogP contribution in [-0.4, -0.2) is 31.1 Å². The summed E-state index contributed by atoms with van der Waals surface area (Å²) in [6.07, 6.45) is 3.70. The SMILES string of the molecule is Cc1ccc(-n2cnnn2)cc1NC(=O)Cc1c[nH]c2ccccc12. The Morgan fingerprint density at radius 2 is 2.12 bits per heavy atom. The lowest BCUT2D eigenvalue weighted by Crippen LogP contribution is -2.15. The summed E-state index contributed by atoms with van der Waals surface area (Å²) in [6, 6.07) is 13.6. The molecule has 0 spiro atoms. The molecule has 2 heterocycles. The normalized spacial score (nSPS) is 10.9. The zero-order chi connectivity index (χ0) is 17.2. The fourth-order valence-electron chi connectivity index (χ4n) is 2.81. The molecule has 0 bridgehead atoms. The van der Waals surface area contributed by atoms with E-state index in [1.165, 1.54) is 6.33 Å². The minimum atomic E-state index is -0.0679. The second-order valence-corrected chi connectivity index (χ2v) is 5.84. The maximum absolute atomic E-state index is 12.5. The number of carbonyl (C=O) groups excluding carboxylic acids is 1. The van der Waals surface area contributed by atoms with Gasteiger partial charge in [0.1, 0.15) is 6.33 Å². The van der Waals surface area contributed by atoms with Gasteiger partial charge in [-0.2, -0.15) is 0 Å². The number of aromatic amines is 1. The number of H-pyrrole nitrogens is 1. The fourth-order valence-corrected chi connectivity index (χ4v) is 2.81. The van der Waals surface area contributed by atoms with Crippen molar-refractivity contribution in [1.82, 2.24) is 25.2 Å². The van der Waals surface area contributed by atoms with Crippen molar-refractivity contribution in [2.75, 3.05) is 5.32 Å². The highest BCUT2D eigenvalue weighted by molar-refractivity contribution is 5.96. The van der Waals surface area contributed by atoms with E-state index in [1.54, 1.807) is 4.68 Å². The number of nitrogens with one attached hydrogen (secondary N) is 2. The zero-order valence-electron chi connectivity index (χ0n) is 13.6. The number of hydrogen-bond acceptors (Lipinski definition) is 4. The summed E-state index contributed by atoms with van der Waals surface area (Å²) in [7, 11) is 0. The first-order valence-electron chi connectivity index (χ1n) is 7.89. The first kappa shape index (κ1) is 15.1. The minimum Gasteiger partial charge on any atom is -0.361 e. The van der Waals surface area contributed by atoms with Crippen LogP contribution in [0.2, 0.25) is 0 Å². The Labute approximate surface area is 143 Å². The number of amides is 1. The maximum Gasteiger partial charge on any atom is 0.228 e. The highest BCUT2D eigenvalue weighted by Gasteiger charge is 2.11. The third-order valence-electron chi connectivity index (χ3n) is 4.13. The molecule has 0 saturated heterocycles. The van der Waals surface area contributed by atoms with Gasteiger partial charge in [0.2, 0.25) is 5.91 Å². The summed E-state index contributed by atoms with van der Waals surface area (Å²) >= 11 is 0. The van der Waals surface area contributed by atoms with Crippen molar-refractivity contribution in [1.29, 1.82) is 0 Å². The van der Waals surface area contributed by atoms with Crippen molar-refractivity contribution in [3.05, 3.63) is 66.1 Å². The second kappa shape index (κ2) is 6.20. The number of nitrogens with zero attached hydrogens (tertiary/aromatic N) is 4. The second-order valence-electron chi connectivity index (χ2n) is 5.84. The summed E-state index contributed by atoms with van der Waals surface area (Å²) in [4.78, 5) is 15.7. The molecule has 2 N–H and O–H groups in total. The van der Waals surface area contributed by atoms with Gasteiger partial charge in [0.15, 0.2) is 0 Å². The molecule has 0 aliphatic carbocycles. The van der Waals surface area contributed by atoms with Crippen LogP contribution >= 0.6 is 0 Å². The molecule has 4 rings (SSSR count). The van der Waals surface area contributed by atoms with Gasteiger partial charge in [-0.15, -0.1) is 5.10 Å². The van der Waals surface area contributed by atoms with Crippen LogP contribution in [-0.2, 0) is 11.2 Å². The summed E-state index contributed by atoms with van der Waals surface area (Å²) in [6.45, 7) is 1.95. The van der Waals surface area contributed by atoms with Gasteiger partial charge < -0.3 is 10.3 Å². The molecule has 4 aromatic rings. The molecule has 0 saturated carbocycles. The van der Waals surface area contributed by atoms with Gasteiger partial charge in [-0.25, -0.2) is 4.68 Å². The molecule has 124 valence electrons. The van der Waals surface area contributed by atoms with Crippen molar-refractivity contribution in [2.45, 2.75) is 13.3 Å². The smallest absolute Gasteiger partial charge is 0.228 e. The number of aromatic nitrogens is 5. The van der Waals surface area contributed by atoms with E-state index in [2.05, 4.69) is 25.8 Å². The van der Waals surface area contributed by atoms with Crippen molar-refractivity contribution in [2.24, 2.45) is 0 Å². The molecular formula is C18H16N6O.